The number of nitrogens with zero attached hydrogens (tertiary/aromatic N) is 3. The van der Waals surface area contributed by atoms with Crippen molar-refractivity contribution in [3.63, 3.8) is 0 Å². The molecule has 0 bridgehead atoms. The minimum Gasteiger partial charge on any atom is -0.329 e. The minimum atomic E-state index is -4.71. The summed E-state index contributed by atoms with van der Waals surface area (Å²) in [5.41, 5.74) is 0.640. The van der Waals surface area contributed by atoms with Gasteiger partial charge in [-0.2, -0.15) is 18.2 Å². The van der Waals surface area contributed by atoms with E-state index in [0.29, 0.717) is 5.69 Å². The topological polar surface area (TPSA) is 76.3 Å². The van der Waals surface area contributed by atoms with Gasteiger partial charge in [-0.25, -0.2) is 8.42 Å². The van der Waals surface area contributed by atoms with Crippen LogP contribution in [0.5, 0.6) is 0 Å². The second kappa shape index (κ2) is 5.02. The number of hydrogen-bond acceptors (Lipinski definition) is 5. The molecule has 114 valence electrons. The van der Waals surface area contributed by atoms with Crippen molar-refractivity contribution in [3.8, 4) is 11.4 Å². The van der Waals surface area contributed by atoms with Crippen molar-refractivity contribution < 1.29 is 26.1 Å². The molecule has 0 unspecified atom stereocenters. The van der Waals surface area contributed by atoms with Gasteiger partial charge in [-0.15, -0.1) is 0 Å². The van der Waals surface area contributed by atoms with E-state index in [1.165, 1.54) is 31.3 Å². The van der Waals surface area contributed by atoms with Crippen LogP contribution < -0.4 is 4.31 Å². The summed E-state index contributed by atoms with van der Waals surface area (Å²) < 4.78 is 64.9. The zero-order valence-corrected chi connectivity index (χ0v) is 11.7. The maximum absolute atomic E-state index is 12.3. The van der Waals surface area contributed by atoms with Gasteiger partial charge in [-0.3, -0.25) is 4.31 Å². The predicted molar refractivity (Wildman–Crippen MR) is 68.0 cm³/mol. The number of sulfonamides is 1. The van der Waals surface area contributed by atoms with Crippen LogP contribution in [0.15, 0.2) is 28.8 Å². The average Bonchev–Trinajstić information content (AvgIpc) is 2.86. The highest BCUT2D eigenvalue weighted by Crippen LogP contribution is 2.29. The number of hydrogen-bond donors (Lipinski definition) is 0. The fourth-order valence-corrected chi connectivity index (χ4v) is 1.97. The summed E-state index contributed by atoms with van der Waals surface area (Å²) in [5, 5.41) is 3.24. The molecule has 0 saturated carbocycles. The number of benzene rings is 1. The largest absolute Gasteiger partial charge is 0.471 e. The molecule has 0 amide bonds. The Balaban J connectivity index is 2.29. The van der Waals surface area contributed by atoms with Crippen molar-refractivity contribution in [3.05, 3.63) is 30.2 Å². The average molecular weight is 321 g/mol. The van der Waals surface area contributed by atoms with Gasteiger partial charge in [0.15, 0.2) is 0 Å². The van der Waals surface area contributed by atoms with Gasteiger partial charge in [0.05, 0.1) is 11.9 Å². The number of halogens is 3. The first-order valence-electron chi connectivity index (χ1n) is 5.54. The summed E-state index contributed by atoms with van der Waals surface area (Å²) in [7, 11) is -2.05. The molecule has 0 saturated heterocycles. The lowest BCUT2D eigenvalue weighted by Gasteiger charge is -2.16. The normalized spacial score (nSPS) is 12.4. The molecular formula is C11H10F3N3O3S. The Morgan fingerprint density at radius 2 is 1.76 bits per heavy atom. The van der Waals surface area contributed by atoms with E-state index in [0.717, 1.165) is 10.6 Å². The quantitative estimate of drug-likeness (QED) is 0.866. The van der Waals surface area contributed by atoms with Crippen molar-refractivity contribution in [2.45, 2.75) is 6.18 Å². The molecule has 2 aromatic rings. The number of rotatable bonds is 3. The Kier molecular flexibility index (Phi) is 3.66. The van der Waals surface area contributed by atoms with Gasteiger partial charge in [0, 0.05) is 12.6 Å². The van der Waals surface area contributed by atoms with Crippen molar-refractivity contribution in [2.75, 3.05) is 17.6 Å². The molecular weight excluding hydrogens is 311 g/mol. The fourth-order valence-electron chi connectivity index (χ4n) is 1.47. The van der Waals surface area contributed by atoms with Crippen LogP contribution in [-0.4, -0.2) is 31.9 Å². The molecule has 0 N–H and O–H groups in total. The highest BCUT2D eigenvalue weighted by atomic mass is 32.2. The lowest BCUT2D eigenvalue weighted by atomic mass is 10.2. The van der Waals surface area contributed by atoms with Crippen molar-refractivity contribution in [2.24, 2.45) is 0 Å². The second-order valence-corrected chi connectivity index (χ2v) is 6.21. The molecule has 0 aliphatic carbocycles. The predicted octanol–water partition coefficient (Wildman–Crippen LogP) is 2.15. The highest BCUT2D eigenvalue weighted by molar-refractivity contribution is 7.92. The molecule has 2 rings (SSSR count). The van der Waals surface area contributed by atoms with Crippen molar-refractivity contribution in [1.29, 1.82) is 0 Å². The first kappa shape index (κ1) is 15.3. The van der Waals surface area contributed by atoms with E-state index in [1.54, 1.807) is 0 Å². The third kappa shape index (κ3) is 3.32. The van der Waals surface area contributed by atoms with Crippen LogP contribution in [-0.2, 0) is 16.2 Å². The Labute approximate surface area is 118 Å². The molecule has 0 radical (unpaired) electrons. The van der Waals surface area contributed by atoms with Crippen molar-refractivity contribution in [1.82, 2.24) is 10.1 Å². The molecule has 0 atom stereocenters. The number of aromatic nitrogens is 2. The number of anilines is 1. The van der Waals surface area contributed by atoms with Gasteiger partial charge in [0.25, 0.3) is 0 Å². The summed E-state index contributed by atoms with van der Waals surface area (Å²) in [6.07, 6.45) is -3.67. The summed E-state index contributed by atoms with van der Waals surface area (Å²) in [6, 6.07) is 5.67. The van der Waals surface area contributed by atoms with Crippen LogP contribution in [0.3, 0.4) is 0 Å². The summed E-state index contributed by atoms with van der Waals surface area (Å²) in [6.45, 7) is 0. The molecule has 6 nitrogen and oxygen atoms in total. The SMILES string of the molecule is CN(c1ccc(-c2noc(C(F)(F)F)n2)cc1)S(C)(=O)=O. The van der Waals surface area contributed by atoms with E-state index in [9.17, 15) is 21.6 Å². The highest BCUT2D eigenvalue weighted by Gasteiger charge is 2.38. The minimum absolute atomic E-state index is 0.226. The van der Waals surface area contributed by atoms with E-state index in [2.05, 4.69) is 14.7 Å². The summed E-state index contributed by atoms with van der Waals surface area (Å²) in [5.74, 6) is -1.66. The van der Waals surface area contributed by atoms with Crippen LogP contribution in [0, 0.1) is 0 Å². The first-order valence-corrected chi connectivity index (χ1v) is 7.39. The maximum Gasteiger partial charge on any atom is 0.471 e. The molecule has 0 aliphatic rings. The van der Waals surface area contributed by atoms with E-state index in [1.807, 2.05) is 0 Å². The van der Waals surface area contributed by atoms with Gasteiger partial charge in [0.1, 0.15) is 0 Å². The zero-order chi connectivity index (χ0) is 15.8. The lowest BCUT2D eigenvalue weighted by molar-refractivity contribution is -0.159. The van der Waals surface area contributed by atoms with Gasteiger partial charge < -0.3 is 4.52 Å². The molecule has 0 aliphatic heterocycles. The Hall–Kier alpha value is -2.10. The van der Waals surface area contributed by atoms with Crippen LogP contribution in [0.2, 0.25) is 0 Å². The van der Waals surface area contributed by atoms with Gasteiger partial charge in [0.2, 0.25) is 15.8 Å². The molecule has 1 aromatic heterocycles. The summed E-state index contributed by atoms with van der Waals surface area (Å²) >= 11 is 0. The van der Waals surface area contributed by atoms with Crippen LogP contribution in [0.4, 0.5) is 18.9 Å². The molecule has 1 aromatic carbocycles. The molecule has 10 heteroatoms. The van der Waals surface area contributed by atoms with Crippen LogP contribution in [0.25, 0.3) is 11.4 Å². The van der Waals surface area contributed by atoms with Gasteiger partial charge in [-0.05, 0) is 24.3 Å². The van der Waals surface area contributed by atoms with Gasteiger partial charge in [-0.1, -0.05) is 5.16 Å². The Morgan fingerprint density at radius 1 is 1.19 bits per heavy atom. The monoisotopic (exact) mass is 321 g/mol. The maximum atomic E-state index is 12.3. The van der Waals surface area contributed by atoms with Crippen LogP contribution >= 0.6 is 0 Å². The fraction of sp³-hybridized carbons (Fsp3) is 0.273. The third-order valence-electron chi connectivity index (χ3n) is 2.66. The molecule has 1 heterocycles. The molecule has 0 spiro atoms. The van der Waals surface area contributed by atoms with Crippen molar-refractivity contribution >= 4 is 15.7 Å². The van der Waals surface area contributed by atoms with E-state index >= 15 is 0 Å². The first-order chi connectivity index (χ1) is 9.59. The molecule has 0 fully saturated rings. The standard InChI is InChI=1S/C11H10F3N3O3S/c1-17(21(2,18)19)8-5-3-7(4-6-8)9-15-10(20-16-9)11(12,13)14/h3-6H,1-2H3. The lowest BCUT2D eigenvalue weighted by Crippen LogP contribution is -2.24. The van der Waals surface area contributed by atoms with Gasteiger partial charge >= 0.3 is 12.1 Å². The molecule has 21 heavy (non-hydrogen) atoms. The number of alkyl halides is 3. The third-order valence-corrected chi connectivity index (χ3v) is 3.86. The second-order valence-electron chi connectivity index (χ2n) is 4.20. The van der Waals surface area contributed by atoms with E-state index in [4.69, 9.17) is 0 Å². The van der Waals surface area contributed by atoms with E-state index < -0.39 is 22.1 Å². The van der Waals surface area contributed by atoms with E-state index in [-0.39, 0.29) is 11.4 Å². The Bertz CT molecular complexity index is 738. The Morgan fingerprint density at radius 3 is 2.19 bits per heavy atom. The van der Waals surface area contributed by atoms with Crippen LogP contribution in [0.1, 0.15) is 5.89 Å². The zero-order valence-electron chi connectivity index (χ0n) is 10.9. The smallest absolute Gasteiger partial charge is 0.329 e. The summed E-state index contributed by atoms with van der Waals surface area (Å²) in [4.78, 5) is 3.24.